The van der Waals surface area contributed by atoms with Crippen LogP contribution in [0.3, 0.4) is 0 Å². The molecule has 1 aromatic heterocycles. The summed E-state index contributed by atoms with van der Waals surface area (Å²) in [4.78, 5) is 18.6. The van der Waals surface area contributed by atoms with E-state index >= 15 is 0 Å². The Hall–Kier alpha value is -1.60. The largest absolute Gasteiger partial charge is 0.385 e. The van der Waals surface area contributed by atoms with Crippen molar-refractivity contribution in [1.82, 2.24) is 19.8 Å². The van der Waals surface area contributed by atoms with E-state index in [1.54, 1.807) is 14.2 Å². The standard InChI is InChI=1S/C17H30N4O3/c1-14-10-19-16(13-24-3)21(14)12-15-6-4-8-20(11-15)17(22)18-7-5-9-23-2/h10,15H,4-9,11-13H2,1-3H3,(H,18,22). The Morgan fingerprint density at radius 2 is 2.25 bits per heavy atom. The number of hydrogen-bond acceptors (Lipinski definition) is 4. The average molecular weight is 338 g/mol. The van der Waals surface area contributed by atoms with Gasteiger partial charge >= 0.3 is 6.03 Å². The molecule has 136 valence electrons. The Morgan fingerprint density at radius 1 is 1.42 bits per heavy atom. The van der Waals surface area contributed by atoms with Crippen molar-refractivity contribution in [3.05, 3.63) is 17.7 Å². The Bertz CT molecular complexity index is 518. The molecule has 1 aliphatic rings. The Kier molecular flexibility index (Phi) is 7.52. The number of amides is 2. The molecule has 7 heteroatoms. The van der Waals surface area contributed by atoms with E-state index in [4.69, 9.17) is 9.47 Å². The third-order valence-corrected chi connectivity index (χ3v) is 4.46. The van der Waals surface area contributed by atoms with Crippen molar-refractivity contribution in [2.45, 2.75) is 39.3 Å². The molecule has 0 spiro atoms. The third-order valence-electron chi connectivity index (χ3n) is 4.46. The summed E-state index contributed by atoms with van der Waals surface area (Å²) < 4.78 is 12.4. The summed E-state index contributed by atoms with van der Waals surface area (Å²) in [5, 5.41) is 2.98. The van der Waals surface area contributed by atoms with Gasteiger partial charge in [0.2, 0.25) is 0 Å². The molecule has 2 rings (SSSR count). The van der Waals surface area contributed by atoms with E-state index < -0.39 is 0 Å². The van der Waals surface area contributed by atoms with Gasteiger partial charge in [-0.1, -0.05) is 0 Å². The van der Waals surface area contributed by atoms with Crippen molar-refractivity contribution in [3.63, 3.8) is 0 Å². The van der Waals surface area contributed by atoms with Crippen LogP contribution < -0.4 is 5.32 Å². The minimum absolute atomic E-state index is 0.0373. The van der Waals surface area contributed by atoms with Crippen LogP contribution in [0, 0.1) is 12.8 Å². The fourth-order valence-electron chi connectivity index (χ4n) is 3.18. The number of methoxy groups -OCH3 is 2. The van der Waals surface area contributed by atoms with Crippen LogP contribution >= 0.6 is 0 Å². The first-order chi connectivity index (χ1) is 11.7. The van der Waals surface area contributed by atoms with Crippen molar-refractivity contribution in [2.24, 2.45) is 5.92 Å². The summed E-state index contributed by atoms with van der Waals surface area (Å²) in [5.41, 5.74) is 1.14. The Balaban J connectivity index is 1.86. The van der Waals surface area contributed by atoms with Crippen LogP contribution in [0.4, 0.5) is 4.79 Å². The molecular formula is C17H30N4O3. The van der Waals surface area contributed by atoms with E-state index in [9.17, 15) is 4.79 Å². The van der Waals surface area contributed by atoms with E-state index in [-0.39, 0.29) is 6.03 Å². The molecule has 1 unspecified atom stereocenters. The molecular weight excluding hydrogens is 308 g/mol. The van der Waals surface area contributed by atoms with Gasteiger partial charge in [0, 0.05) is 58.9 Å². The number of piperidine rings is 1. The molecule has 1 aliphatic heterocycles. The third kappa shape index (κ3) is 5.21. The lowest BCUT2D eigenvalue weighted by Gasteiger charge is -2.33. The minimum Gasteiger partial charge on any atom is -0.385 e. The first-order valence-electron chi connectivity index (χ1n) is 8.67. The summed E-state index contributed by atoms with van der Waals surface area (Å²) in [6.07, 6.45) is 4.91. The minimum atomic E-state index is 0.0373. The lowest BCUT2D eigenvalue weighted by Crippen LogP contribution is -2.46. The average Bonchev–Trinajstić information content (AvgIpc) is 2.92. The number of hydrogen-bond donors (Lipinski definition) is 1. The highest BCUT2D eigenvalue weighted by atomic mass is 16.5. The van der Waals surface area contributed by atoms with E-state index in [0.717, 1.165) is 50.4 Å². The monoisotopic (exact) mass is 338 g/mol. The van der Waals surface area contributed by atoms with Gasteiger partial charge in [0.15, 0.2) is 0 Å². The van der Waals surface area contributed by atoms with Gasteiger partial charge in [-0.15, -0.1) is 0 Å². The predicted octanol–water partition coefficient (Wildman–Crippen LogP) is 1.80. The molecule has 1 saturated heterocycles. The number of urea groups is 1. The number of likely N-dealkylation sites (tertiary alicyclic amines) is 1. The zero-order valence-electron chi connectivity index (χ0n) is 15.1. The van der Waals surface area contributed by atoms with Crippen LogP contribution in [0.2, 0.25) is 0 Å². The molecule has 1 fully saturated rings. The van der Waals surface area contributed by atoms with E-state index in [1.807, 2.05) is 11.1 Å². The number of imidazole rings is 1. The number of rotatable bonds is 8. The van der Waals surface area contributed by atoms with E-state index in [2.05, 4.69) is 21.8 Å². The molecule has 0 radical (unpaired) electrons. The molecule has 2 heterocycles. The number of ether oxygens (including phenoxy) is 2. The van der Waals surface area contributed by atoms with Crippen molar-refractivity contribution in [2.75, 3.05) is 40.5 Å². The molecule has 24 heavy (non-hydrogen) atoms. The van der Waals surface area contributed by atoms with Gasteiger partial charge in [0.05, 0.1) is 0 Å². The topological polar surface area (TPSA) is 68.6 Å². The first kappa shape index (κ1) is 18.7. The molecule has 0 aromatic carbocycles. The number of carbonyl (C=O) groups is 1. The van der Waals surface area contributed by atoms with Gasteiger partial charge in [-0.3, -0.25) is 0 Å². The molecule has 1 N–H and O–H groups in total. The summed E-state index contributed by atoms with van der Waals surface area (Å²) in [6, 6.07) is 0.0373. The maximum Gasteiger partial charge on any atom is 0.317 e. The van der Waals surface area contributed by atoms with Crippen LogP contribution in [0.25, 0.3) is 0 Å². The van der Waals surface area contributed by atoms with Crippen molar-refractivity contribution in [1.29, 1.82) is 0 Å². The molecule has 1 atom stereocenters. The van der Waals surface area contributed by atoms with Gasteiger partial charge in [0.25, 0.3) is 0 Å². The van der Waals surface area contributed by atoms with Crippen molar-refractivity contribution < 1.29 is 14.3 Å². The normalized spacial score (nSPS) is 18.0. The van der Waals surface area contributed by atoms with Crippen molar-refractivity contribution >= 4 is 6.03 Å². The molecule has 0 aliphatic carbocycles. The quantitative estimate of drug-likeness (QED) is 0.734. The van der Waals surface area contributed by atoms with E-state index in [1.165, 1.54) is 0 Å². The van der Waals surface area contributed by atoms with Crippen LogP contribution in [-0.2, 0) is 22.6 Å². The summed E-state index contributed by atoms with van der Waals surface area (Å²) in [5.74, 6) is 1.41. The zero-order chi connectivity index (χ0) is 17.4. The highest BCUT2D eigenvalue weighted by Crippen LogP contribution is 2.20. The van der Waals surface area contributed by atoms with Gasteiger partial charge in [-0.25, -0.2) is 9.78 Å². The molecule has 7 nitrogen and oxygen atoms in total. The molecule has 1 aromatic rings. The summed E-state index contributed by atoms with van der Waals surface area (Å²) in [7, 11) is 3.36. The van der Waals surface area contributed by atoms with Crippen LogP contribution in [-0.4, -0.2) is 60.9 Å². The highest BCUT2D eigenvalue weighted by Gasteiger charge is 2.24. The second kappa shape index (κ2) is 9.64. The first-order valence-corrected chi connectivity index (χ1v) is 8.67. The number of nitrogens with one attached hydrogen (secondary N) is 1. The maximum absolute atomic E-state index is 12.3. The molecule has 0 bridgehead atoms. The van der Waals surface area contributed by atoms with Crippen molar-refractivity contribution in [3.8, 4) is 0 Å². The lowest BCUT2D eigenvalue weighted by atomic mass is 9.98. The highest BCUT2D eigenvalue weighted by molar-refractivity contribution is 5.74. The fraction of sp³-hybridized carbons (Fsp3) is 0.765. The van der Waals surface area contributed by atoms with Crippen LogP contribution in [0.15, 0.2) is 6.20 Å². The van der Waals surface area contributed by atoms with E-state index in [0.29, 0.717) is 25.7 Å². The molecule has 2 amide bonds. The fourth-order valence-corrected chi connectivity index (χ4v) is 3.18. The smallest absolute Gasteiger partial charge is 0.317 e. The van der Waals surface area contributed by atoms with Crippen LogP contribution in [0.5, 0.6) is 0 Å². The lowest BCUT2D eigenvalue weighted by molar-refractivity contribution is 0.151. The number of carbonyl (C=O) groups excluding carboxylic acids is 1. The predicted molar refractivity (Wildman–Crippen MR) is 91.9 cm³/mol. The maximum atomic E-state index is 12.3. The Labute approximate surface area is 144 Å². The van der Waals surface area contributed by atoms with Gasteiger partial charge in [-0.2, -0.15) is 0 Å². The second-order valence-corrected chi connectivity index (χ2v) is 6.39. The number of nitrogens with zero attached hydrogens (tertiary/aromatic N) is 3. The SMILES string of the molecule is COCCCNC(=O)N1CCCC(Cn2c(C)cnc2COC)C1. The van der Waals surface area contributed by atoms with Gasteiger partial charge < -0.3 is 24.3 Å². The summed E-state index contributed by atoms with van der Waals surface area (Å²) in [6.45, 7) is 6.43. The zero-order valence-corrected chi connectivity index (χ0v) is 15.1. The number of aromatic nitrogens is 2. The second-order valence-electron chi connectivity index (χ2n) is 6.39. The molecule has 0 saturated carbocycles. The van der Waals surface area contributed by atoms with Gasteiger partial charge in [0.1, 0.15) is 12.4 Å². The Morgan fingerprint density at radius 3 is 3.00 bits per heavy atom. The number of aryl methyl sites for hydroxylation is 1. The summed E-state index contributed by atoms with van der Waals surface area (Å²) >= 11 is 0. The van der Waals surface area contributed by atoms with Crippen LogP contribution in [0.1, 0.15) is 30.8 Å². The van der Waals surface area contributed by atoms with Gasteiger partial charge in [-0.05, 0) is 32.1 Å².